The lowest BCUT2D eigenvalue weighted by Crippen LogP contribution is -2.39. The molecule has 0 bridgehead atoms. The molecule has 2 rings (SSSR count). The number of aromatic nitrogens is 3. The van der Waals surface area contributed by atoms with Gasteiger partial charge in [0.1, 0.15) is 5.60 Å². The number of nitrogens with zero attached hydrogens (tertiary/aromatic N) is 2. The molecule has 8 heteroatoms. The highest BCUT2D eigenvalue weighted by Crippen LogP contribution is 2.19. The molecule has 0 aliphatic carbocycles. The van der Waals surface area contributed by atoms with Gasteiger partial charge in [-0.25, -0.2) is 0 Å². The third-order valence-electron chi connectivity index (χ3n) is 3.20. The van der Waals surface area contributed by atoms with Crippen molar-refractivity contribution in [1.82, 2.24) is 20.1 Å². The SMILES string of the molecule is Cc1[nH]c(=S)sc1CC(=O)NCC(C)(O)c1cnn(C)c1. The van der Waals surface area contributed by atoms with Crippen molar-refractivity contribution in [3.8, 4) is 0 Å². The Morgan fingerprint density at radius 1 is 1.67 bits per heavy atom. The summed E-state index contributed by atoms with van der Waals surface area (Å²) in [6.45, 7) is 3.67. The molecule has 114 valence electrons. The van der Waals surface area contributed by atoms with E-state index in [9.17, 15) is 9.90 Å². The summed E-state index contributed by atoms with van der Waals surface area (Å²) >= 11 is 6.44. The van der Waals surface area contributed by atoms with Crippen molar-refractivity contribution in [3.63, 3.8) is 0 Å². The van der Waals surface area contributed by atoms with Crippen molar-refractivity contribution in [2.45, 2.75) is 25.9 Å². The third-order valence-corrected chi connectivity index (χ3v) is 4.54. The number of carbonyl (C=O) groups is 1. The standard InChI is InChI=1S/C13H18N4O2S2/c1-8-10(21-12(20)16-8)4-11(18)14-7-13(2,19)9-5-15-17(3)6-9/h5-6,19H,4,7H2,1-3H3,(H,14,18)(H,16,20). The number of aliphatic hydroxyl groups is 1. The smallest absolute Gasteiger partial charge is 0.225 e. The second kappa shape index (κ2) is 6.08. The van der Waals surface area contributed by atoms with E-state index in [1.54, 1.807) is 31.0 Å². The van der Waals surface area contributed by atoms with Crippen molar-refractivity contribution in [1.29, 1.82) is 0 Å². The van der Waals surface area contributed by atoms with Gasteiger partial charge in [0.05, 0.1) is 19.2 Å². The third kappa shape index (κ3) is 3.99. The van der Waals surface area contributed by atoms with Gasteiger partial charge < -0.3 is 15.4 Å². The first-order chi connectivity index (χ1) is 9.78. The maximum absolute atomic E-state index is 12.0. The van der Waals surface area contributed by atoms with Crippen molar-refractivity contribution in [2.75, 3.05) is 6.54 Å². The Bertz CT molecular complexity index is 699. The van der Waals surface area contributed by atoms with E-state index in [0.717, 1.165) is 10.6 Å². The fraction of sp³-hybridized carbons (Fsp3) is 0.462. The Morgan fingerprint density at radius 2 is 2.38 bits per heavy atom. The van der Waals surface area contributed by atoms with Gasteiger partial charge in [-0.1, -0.05) is 0 Å². The number of aryl methyl sites for hydroxylation is 2. The first-order valence-electron chi connectivity index (χ1n) is 6.45. The van der Waals surface area contributed by atoms with E-state index < -0.39 is 5.60 Å². The second-order valence-electron chi connectivity index (χ2n) is 5.19. The molecule has 0 aliphatic heterocycles. The van der Waals surface area contributed by atoms with Crippen LogP contribution in [0.5, 0.6) is 0 Å². The number of carbonyl (C=O) groups excluding carboxylic acids is 1. The molecular formula is C13H18N4O2S2. The zero-order valence-corrected chi connectivity index (χ0v) is 13.8. The number of amides is 1. The van der Waals surface area contributed by atoms with Gasteiger partial charge in [-0.2, -0.15) is 5.10 Å². The molecule has 0 saturated carbocycles. The van der Waals surface area contributed by atoms with Gasteiger partial charge in [-0.15, -0.1) is 11.3 Å². The van der Waals surface area contributed by atoms with Gasteiger partial charge in [0.2, 0.25) is 5.91 Å². The summed E-state index contributed by atoms with van der Waals surface area (Å²) < 4.78 is 2.28. The Kier molecular flexibility index (Phi) is 4.60. The maximum Gasteiger partial charge on any atom is 0.225 e. The summed E-state index contributed by atoms with van der Waals surface area (Å²) in [5.74, 6) is -0.146. The highest BCUT2D eigenvalue weighted by molar-refractivity contribution is 7.73. The van der Waals surface area contributed by atoms with E-state index in [0.29, 0.717) is 9.52 Å². The number of H-pyrrole nitrogens is 1. The quantitative estimate of drug-likeness (QED) is 0.726. The van der Waals surface area contributed by atoms with Crippen LogP contribution in [-0.2, 0) is 23.9 Å². The van der Waals surface area contributed by atoms with E-state index in [2.05, 4.69) is 15.4 Å². The van der Waals surface area contributed by atoms with Gasteiger partial charge in [0.15, 0.2) is 3.95 Å². The van der Waals surface area contributed by atoms with Crippen LogP contribution in [0, 0.1) is 10.9 Å². The average Bonchev–Trinajstić information content (AvgIpc) is 2.94. The van der Waals surface area contributed by atoms with Crippen LogP contribution >= 0.6 is 23.6 Å². The molecule has 0 aliphatic rings. The fourth-order valence-electron chi connectivity index (χ4n) is 1.89. The van der Waals surface area contributed by atoms with Crippen LogP contribution in [0.25, 0.3) is 0 Å². The minimum absolute atomic E-state index is 0.131. The molecule has 3 N–H and O–H groups in total. The number of nitrogens with one attached hydrogen (secondary N) is 2. The Hall–Kier alpha value is -1.51. The predicted molar refractivity (Wildman–Crippen MR) is 83.7 cm³/mol. The van der Waals surface area contributed by atoms with E-state index in [4.69, 9.17) is 12.2 Å². The molecule has 0 spiro atoms. The van der Waals surface area contributed by atoms with Crippen LogP contribution in [0.3, 0.4) is 0 Å². The van der Waals surface area contributed by atoms with Crippen molar-refractivity contribution < 1.29 is 9.90 Å². The number of hydrogen-bond acceptors (Lipinski definition) is 5. The summed E-state index contributed by atoms with van der Waals surface area (Å²) in [6, 6.07) is 0. The minimum Gasteiger partial charge on any atom is -0.383 e. The zero-order valence-electron chi connectivity index (χ0n) is 12.1. The van der Waals surface area contributed by atoms with Gasteiger partial charge in [-0.05, 0) is 26.1 Å². The van der Waals surface area contributed by atoms with Crippen LogP contribution < -0.4 is 5.32 Å². The maximum atomic E-state index is 12.0. The van der Waals surface area contributed by atoms with Crippen LogP contribution in [-0.4, -0.2) is 32.3 Å². The first kappa shape index (κ1) is 15.9. The number of thiazole rings is 1. The van der Waals surface area contributed by atoms with Crippen molar-refractivity contribution >= 4 is 29.5 Å². The number of hydrogen-bond donors (Lipinski definition) is 3. The van der Waals surface area contributed by atoms with Gasteiger partial charge in [-0.3, -0.25) is 9.48 Å². The summed E-state index contributed by atoms with van der Waals surface area (Å²) in [4.78, 5) is 15.9. The summed E-state index contributed by atoms with van der Waals surface area (Å²) in [7, 11) is 1.78. The zero-order chi connectivity index (χ0) is 15.6. The van der Waals surface area contributed by atoms with Crippen LogP contribution in [0.15, 0.2) is 12.4 Å². The minimum atomic E-state index is -1.15. The van der Waals surface area contributed by atoms with Gasteiger partial charge in [0.25, 0.3) is 0 Å². The monoisotopic (exact) mass is 326 g/mol. The molecule has 0 saturated heterocycles. The van der Waals surface area contributed by atoms with Crippen LogP contribution in [0.4, 0.5) is 0 Å². The van der Waals surface area contributed by atoms with E-state index in [1.807, 2.05) is 6.92 Å². The molecule has 21 heavy (non-hydrogen) atoms. The average molecular weight is 326 g/mol. The second-order valence-corrected chi connectivity index (χ2v) is 6.96. The Morgan fingerprint density at radius 3 is 2.90 bits per heavy atom. The summed E-state index contributed by atoms with van der Waals surface area (Å²) in [5.41, 5.74) is 0.432. The summed E-state index contributed by atoms with van der Waals surface area (Å²) in [6.07, 6.45) is 3.58. The van der Waals surface area contributed by atoms with Crippen LogP contribution in [0.2, 0.25) is 0 Å². The van der Waals surface area contributed by atoms with Crippen molar-refractivity contribution in [3.05, 3.63) is 32.5 Å². The van der Waals surface area contributed by atoms with Crippen molar-refractivity contribution in [2.24, 2.45) is 7.05 Å². The summed E-state index contributed by atoms with van der Waals surface area (Å²) in [5, 5.41) is 17.2. The normalized spacial score (nSPS) is 13.9. The predicted octanol–water partition coefficient (Wildman–Crippen LogP) is 1.41. The molecular weight excluding hydrogens is 308 g/mol. The topological polar surface area (TPSA) is 82.9 Å². The lowest BCUT2D eigenvalue weighted by Gasteiger charge is -2.22. The largest absolute Gasteiger partial charge is 0.383 e. The molecule has 1 unspecified atom stereocenters. The molecule has 2 aromatic heterocycles. The number of rotatable bonds is 5. The number of aromatic amines is 1. The molecule has 2 aromatic rings. The fourth-order valence-corrected chi connectivity index (χ4v) is 3.18. The highest BCUT2D eigenvalue weighted by Gasteiger charge is 2.25. The van der Waals surface area contributed by atoms with E-state index in [1.165, 1.54) is 11.3 Å². The Labute approximate surface area is 131 Å². The first-order valence-corrected chi connectivity index (χ1v) is 7.67. The lowest BCUT2D eigenvalue weighted by molar-refractivity contribution is -0.121. The molecule has 0 radical (unpaired) electrons. The van der Waals surface area contributed by atoms with Crippen LogP contribution in [0.1, 0.15) is 23.1 Å². The molecule has 1 amide bonds. The lowest BCUT2D eigenvalue weighted by atomic mass is 10.00. The molecule has 0 fully saturated rings. The van der Waals surface area contributed by atoms with E-state index >= 15 is 0 Å². The van der Waals surface area contributed by atoms with Gasteiger partial charge in [0, 0.05) is 29.4 Å². The molecule has 0 aromatic carbocycles. The molecule has 6 nitrogen and oxygen atoms in total. The molecule has 2 heterocycles. The van der Waals surface area contributed by atoms with Gasteiger partial charge >= 0.3 is 0 Å². The van der Waals surface area contributed by atoms with E-state index in [-0.39, 0.29) is 18.9 Å². The Balaban J connectivity index is 1.94. The highest BCUT2D eigenvalue weighted by atomic mass is 32.1. The molecule has 1 atom stereocenters.